The van der Waals surface area contributed by atoms with Gasteiger partial charge in [-0.15, -0.1) is 0 Å². The number of hydrogen-bond acceptors (Lipinski definition) is 4. The molecule has 0 amide bonds. The molecule has 1 heterocycles. The summed E-state index contributed by atoms with van der Waals surface area (Å²) in [5.41, 5.74) is 1.02. The second-order valence-electron chi connectivity index (χ2n) is 7.04. The first-order valence-electron chi connectivity index (χ1n) is 9.62. The second-order valence-corrected chi connectivity index (χ2v) is 9.05. The third kappa shape index (κ3) is 7.71. The van der Waals surface area contributed by atoms with Gasteiger partial charge in [0.15, 0.2) is 15.8 Å². The van der Waals surface area contributed by atoms with Crippen molar-refractivity contribution < 1.29 is 17.2 Å². The Hall–Kier alpha value is -1.74. The van der Waals surface area contributed by atoms with Gasteiger partial charge in [0.2, 0.25) is 0 Å². The van der Waals surface area contributed by atoms with E-state index in [9.17, 15) is 17.2 Å². The number of benzene rings is 1. The van der Waals surface area contributed by atoms with Crippen LogP contribution in [0.2, 0.25) is 0 Å². The van der Waals surface area contributed by atoms with Gasteiger partial charge in [0.1, 0.15) is 0 Å². The monoisotopic (exact) mass is 416 g/mol. The molecule has 1 aliphatic rings. The maximum Gasteiger partial charge on any atom is 0.251 e. The molecule has 1 aliphatic heterocycles. The molecule has 158 valence electrons. The molecular formula is C19H30F2N4O2S. The highest BCUT2D eigenvalue weighted by Crippen LogP contribution is 2.12. The maximum absolute atomic E-state index is 12.5. The molecule has 6 nitrogen and oxygen atoms in total. The molecule has 1 saturated heterocycles. The van der Waals surface area contributed by atoms with Crippen LogP contribution in [0.1, 0.15) is 25.3 Å². The van der Waals surface area contributed by atoms with Gasteiger partial charge in [0.25, 0.3) is 6.43 Å². The van der Waals surface area contributed by atoms with E-state index in [0.717, 1.165) is 30.9 Å². The minimum absolute atomic E-state index is 0.154. The van der Waals surface area contributed by atoms with E-state index in [4.69, 9.17) is 0 Å². The van der Waals surface area contributed by atoms with Crippen LogP contribution in [0.25, 0.3) is 0 Å². The van der Waals surface area contributed by atoms with Crippen LogP contribution in [-0.4, -0.2) is 70.7 Å². The van der Waals surface area contributed by atoms with Gasteiger partial charge in [-0.2, -0.15) is 0 Å². The largest absolute Gasteiger partial charge is 0.357 e. The third-order valence-corrected chi connectivity index (χ3v) is 5.82. The van der Waals surface area contributed by atoms with Crippen molar-refractivity contribution in [2.24, 2.45) is 4.99 Å². The minimum Gasteiger partial charge on any atom is -0.357 e. The number of hydrogen-bond donors (Lipinski definition) is 2. The molecular weight excluding hydrogens is 386 g/mol. The molecule has 28 heavy (non-hydrogen) atoms. The number of nitrogens with one attached hydrogen (secondary N) is 2. The van der Waals surface area contributed by atoms with Crippen LogP contribution in [-0.2, 0) is 16.3 Å². The van der Waals surface area contributed by atoms with E-state index < -0.39 is 16.3 Å². The SMILES string of the molecule is CCNC(=NCCc1ccc(S(C)(=O)=O)cc1)NC1CCN(CC(F)F)CC1. The van der Waals surface area contributed by atoms with E-state index in [0.29, 0.717) is 31.0 Å². The van der Waals surface area contributed by atoms with Crippen molar-refractivity contribution in [2.75, 3.05) is 39.0 Å². The van der Waals surface area contributed by atoms with Gasteiger partial charge in [-0.1, -0.05) is 12.1 Å². The molecule has 0 spiro atoms. The second kappa shape index (κ2) is 10.7. The Morgan fingerprint density at radius 3 is 2.43 bits per heavy atom. The molecule has 1 aromatic rings. The van der Waals surface area contributed by atoms with Crippen molar-refractivity contribution >= 4 is 15.8 Å². The molecule has 9 heteroatoms. The predicted molar refractivity (Wildman–Crippen MR) is 108 cm³/mol. The van der Waals surface area contributed by atoms with Crippen LogP contribution in [0.15, 0.2) is 34.2 Å². The average molecular weight is 417 g/mol. The van der Waals surface area contributed by atoms with Crippen LogP contribution in [0.5, 0.6) is 0 Å². The van der Waals surface area contributed by atoms with E-state index in [1.807, 2.05) is 19.1 Å². The van der Waals surface area contributed by atoms with E-state index in [1.54, 1.807) is 17.0 Å². The highest BCUT2D eigenvalue weighted by atomic mass is 32.2. The Morgan fingerprint density at radius 2 is 1.89 bits per heavy atom. The normalized spacial score (nSPS) is 17.1. The average Bonchev–Trinajstić information content (AvgIpc) is 2.63. The summed E-state index contributed by atoms with van der Waals surface area (Å²) in [6.45, 7) is 4.46. The summed E-state index contributed by atoms with van der Waals surface area (Å²) in [5.74, 6) is 0.725. The number of likely N-dealkylation sites (tertiary alicyclic amines) is 1. The van der Waals surface area contributed by atoms with E-state index in [1.165, 1.54) is 6.26 Å². The zero-order valence-electron chi connectivity index (χ0n) is 16.5. The van der Waals surface area contributed by atoms with Crippen molar-refractivity contribution in [3.63, 3.8) is 0 Å². The third-order valence-electron chi connectivity index (χ3n) is 4.69. The van der Waals surface area contributed by atoms with Crippen LogP contribution < -0.4 is 10.6 Å². The fraction of sp³-hybridized carbons (Fsp3) is 0.632. The number of halogens is 2. The van der Waals surface area contributed by atoms with Crippen molar-refractivity contribution in [3.05, 3.63) is 29.8 Å². The van der Waals surface area contributed by atoms with Gasteiger partial charge >= 0.3 is 0 Å². The maximum atomic E-state index is 12.5. The lowest BCUT2D eigenvalue weighted by Crippen LogP contribution is -2.49. The molecule has 1 aromatic carbocycles. The number of rotatable bonds is 8. The molecule has 0 aliphatic carbocycles. The molecule has 0 saturated carbocycles. The quantitative estimate of drug-likeness (QED) is 0.500. The lowest BCUT2D eigenvalue weighted by atomic mass is 10.1. The van der Waals surface area contributed by atoms with Crippen LogP contribution in [0.3, 0.4) is 0 Å². The number of alkyl halides is 2. The first-order valence-corrected chi connectivity index (χ1v) is 11.5. The Balaban J connectivity index is 1.84. The predicted octanol–water partition coefficient (Wildman–Crippen LogP) is 1.92. The number of aliphatic imine (C=N–C) groups is 1. The molecule has 0 bridgehead atoms. The summed E-state index contributed by atoms with van der Waals surface area (Å²) in [6.07, 6.45) is 1.23. The van der Waals surface area contributed by atoms with E-state index in [-0.39, 0.29) is 12.6 Å². The number of piperidine rings is 1. The molecule has 1 fully saturated rings. The van der Waals surface area contributed by atoms with Gasteiger partial charge in [-0.3, -0.25) is 9.89 Å². The highest BCUT2D eigenvalue weighted by molar-refractivity contribution is 7.90. The molecule has 2 rings (SSSR count). The van der Waals surface area contributed by atoms with E-state index in [2.05, 4.69) is 15.6 Å². The number of nitrogens with zero attached hydrogens (tertiary/aromatic N) is 2. The topological polar surface area (TPSA) is 73.8 Å². The zero-order chi connectivity index (χ0) is 20.6. The van der Waals surface area contributed by atoms with Gasteiger partial charge in [0, 0.05) is 38.5 Å². The highest BCUT2D eigenvalue weighted by Gasteiger charge is 2.21. The Kier molecular flexibility index (Phi) is 8.62. The van der Waals surface area contributed by atoms with Gasteiger partial charge < -0.3 is 10.6 Å². The molecule has 0 aromatic heterocycles. The summed E-state index contributed by atoms with van der Waals surface area (Å²) >= 11 is 0. The Bertz CT molecular complexity index is 731. The first kappa shape index (κ1) is 22.5. The lowest BCUT2D eigenvalue weighted by Gasteiger charge is -2.32. The number of sulfone groups is 1. The summed E-state index contributed by atoms with van der Waals surface area (Å²) in [5, 5.41) is 6.61. The Labute approximate surface area is 166 Å². The summed E-state index contributed by atoms with van der Waals surface area (Å²) in [7, 11) is -3.18. The summed E-state index contributed by atoms with van der Waals surface area (Å²) in [6, 6.07) is 7.08. The minimum atomic E-state index is -3.18. The Morgan fingerprint density at radius 1 is 1.25 bits per heavy atom. The van der Waals surface area contributed by atoms with Crippen molar-refractivity contribution in [1.29, 1.82) is 0 Å². The summed E-state index contributed by atoms with van der Waals surface area (Å²) < 4.78 is 47.9. The molecule has 0 radical (unpaired) electrons. The first-order chi connectivity index (χ1) is 13.3. The van der Waals surface area contributed by atoms with E-state index >= 15 is 0 Å². The van der Waals surface area contributed by atoms with Gasteiger partial charge in [0.05, 0.1) is 11.4 Å². The van der Waals surface area contributed by atoms with Crippen LogP contribution in [0.4, 0.5) is 8.78 Å². The zero-order valence-corrected chi connectivity index (χ0v) is 17.3. The number of guanidine groups is 1. The van der Waals surface area contributed by atoms with Crippen LogP contribution >= 0.6 is 0 Å². The smallest absolute Gasteiger partial charge is 0.251 e. The van der Waals surface area contributed by atoms with Crippen molar-refractivity contribution in [3.8, 4) is 0 Å². The van der Waals surface area contributed by atoms with Gasteiger partial charge in [-0.25, -0.2) is 17.2 Å². The standard InChI is InChI=1S/C19H30F2N4O2S/c1-3-22-19(24-16-9-12-25(13-10-16)14-18(20)21)23-11-8-15-4-6-17(7-5-15)28(2,26)27/h4-7,16,18H,3,8-14H2,1-2H3,(H2,22,23,24). The molecule has 2 N–H and O–H groups in total. The van der Waals surface area contributed by atoms with Gasteiger partial charge in [-0.05, 0) is 43.9 Å². The fourth-order valence-electron chi connectivity index (χ4n) is 3.17. The fourth-order valence-corrected chi connectivity index (χ4v) is 3.80. The molecule has 0 unspecified atom stereocenters. The molecule has 0 atom stereocenters. The van der Waals surface area contributed by atoms with Crippen LogP contribution in [0, 0.1) is 0 Å². The van der Waals surface area contributed by atoms with Crippen molar-refractivity contribution in [1.82, 2.24) is 15.5 Å². The summed E-state index contributed by atoms with van der Waals surface area (Å²) in [4.78, 5) is 6.70. The van der Waals surface area contributed by atoms with Crippen molar-refractivity contribution in [2.45, 2.75) is 43.5 Å². The lowest BCUT2D eigenvalue weighted by molar-refractivity contribution is 0.0744.